The number of aromatic nitrogens is 1. The van der Waals surface area contributed by atoms with Crippen LogP contribution in [-0.4, -0.2) is 22.7 Å². The molecule has 0 bridgehead atoms. The zero-order chi connectivity index (χ0) is 19.5. The Hall–Kier alpha value is -3.61. The summed E-state index contributed by atoms with van der Waals surface area (Å²) in [6, 6.07) is 15.1. The molecule has 3 aromatic rings. The predicted octanol–water partition coefficient (Wildman–Crippen LogP) is 2.52. The van der Waals surface area contributed by atoms with Crippen molar-refractivity contribution in [3.63, 3.8) is 0 Å². The average molecular weight is 376 g/mol. The first kappa shape index (κ1) is 17.8. The van der Waals surface area contributed by atoms with E-state index in [0.29, 0.717) is 18.4 Å². The summed E-state index contributed by atoms with van der Waals surface area (Å²) in [6.45, 7) is 0. The monoisotopic (exact) mass is 376 g/mol. The van der Waals surface area contributed by atoms with E-state index in [9.17, 15) is 14.4 Å². The SMILES string of the molecule is O=C(CC[C@H]1Cc2ccccc2NC1=O)NNC(=O)c1c[nH]c2ccccc12. The van der Waals surface area contributed by atoms with Gasteiger partial charge in [0.25, 0.3) is 5.91 Å². The third-order valence-corrected chi connectivity index (χ3v) is 4.98. The third kappa shape index (κ3) is 3.59. The average Bonchev–Trinajstić information content (AvgIpc) is 3.14. The highest BCUT2D eigenvalue weighted by Crippen LogP contribution is 2.27. The Morgan fingerprint density at radius 1 is 1.04 bits per heavy atom. The van der Waals surface area contributed by atoms with Crippen molar-refractivity contribution in [2.24, 2.45) is 5.92 Å². The minimum atomic E-state index is -0.393. The number of benzene rings is 2. The molecular weight excluding hydrogens is 356 g/mol. The Morgan fingerprint density at radius 2 is 1.82 bits per heavy atom. The second-order valence-corrected chi connectivity index (χ2v) is 6.84. The quantitative estimate of drug-likeness (QED) is 0.526. The molecule has 142 valence electrons. The van der Waals surface area contributed by atoms with Gasteiger partial charge in [-0.1, -0.05) is 36.4 Å². The lowest BCUT2D eigenvalue weighted by atomic mass is 9.89. The van der Waals surface area contributed by atoms with Crippen molar-refractivity contribution in [1.29, 1.82) is 0 Å². The number of fused-ring (bicyclic) bond motifs is 2. The summed E-state index contributed by atoms with van der Waals surface area (Å²) in [5, 5.41) is 3.66. The summed E-state index contributed by atoms with van der Waals surface area (Å²) in [7, 11) is 0. The van der Waals surface area contributed by atoms with Gasteiger partial charge in [0, 0.05) is 35.1 Å². The first-order valence-corrected chi connectivity index (χ1v) is 9.16. The van der Waals surface area contributed by atoms with Crippen LogP contribution in [0.25, 0.3) is 10.9 Å². The molecule has 0 spiro atoms. The number of rotatable bonds is 4. The van der Waals surface area contributed by atoms with Gasteiger partial charge in [0.15, 0.2) is 0 Å². The molecule has 0 saturated heterocycles. The van der Waals surface area contributed by atoms with Crippen LogP contribution in [-0.2, 0) is 16.0 Å². The fraction of sp³-hybridized carbons (Fsp3) is 0.190. The maximum absolute atomic E-state index is 12.3. The summed E-state index contributed by atoms with van der Waals surface area (Å²) in [5.41, 5.74) is 8.07. The van der Waals surface area contributed by atoms with E-state index in [-0.39, 0.29) is 24.2 Å². The van der Waals surface area contributed by atoms with Gasteiger partial charge in [0.2, 0.25) is 11.8 Å². The number of nitrogens with one attached hydrogen (secondary N) is 4. The molecule has 4 N–H and O–H groups in total. The molecule has 7 nitrogen and oxygen atoms in total. The zero-order valence-corrected chi connectivity index (χ0v) is 15.1. The van der Waals surface area contributed by atoms with Crippen molar-refractivity contribution in [2.75, 3.05) is 5.32 Å². The van der Waals surface area contributed by atoms with Gasteiger partial charge in [-0.05, 0) is 30.5 Å². The van der Waals surface area contributed by atoms with Crippen molar-refractivity contribution < 1.29 is 14.4 Å². The molecule has 2 aromatic carbocycles. The van der Waals surface area contributed by atoms with Crippen molar-refractivity contribution in [1.82, 2.24) is 15.8 Å². The van der Waals surface area contributed by atoms with Crippen molar-refractivity contribution >= 4 is 34.3 Å². The molecule has 4 rings (SSSR count). The van der Waals surface area contributed by atoms with Crippen LogP contribution in [0.3, 0.4) is 0 Å². The number of aromatic amines is 1. The van der Waals surface area contributed by atoms with Crippen LogP contribution in [0.4, 0.5) is 5.69 Å². The zero-order valence-electron chi connectivity index (χ0n) is 15.1. The van der Waals surface area contributed by atoms with E-state index >= 15 is 0 Å². The fourth-order valence-corrected chi connectivity index (χ4v) is 3.47. The summed E-state index contributed by atoms with van der Waals surface area (Å²) >= 11 is 0. The van der Waals surface area contributed by atoms with E-state index in [1.54, 1.807) is 6.20 Å². The largest absolute Gasteiger partial charge is 0.360 e. The Kier molecular flexibility index (Phi) is 4.80. The molecule has 7 heteroatoms. The van der Waals surface area contributed by atoms with Crippen LogP contribution in [0.15, 0.2) is 54.7 Å². The Labute approximate surface area is 161 Å². The number of carbonyl (C=O) groups is 3. The number of hydrogen-bond donors (Lipinski definition) is 4. The molecule has 1 aliphatic heterocycles. The standard InChI is InChI=1S/C21H20N4O3/c26-19(10-9-14-11-13-5-1-3-7-17(13)23-20(14)27)24-25-21(28)16-12-22-18-8-4-2-6-15(16)18/h1-8,12,14,22H,9-11H2,(H,23,27)(H,24,26)(H,25,28)/t14-/m0/s1. The maximum Gasteiger partial charge on any atom is 0.271 e. The van der Waals surface area contributed by atoms with E-state index in [0.717, 1.165) is 22.2 Å². The van der Waals surface area contributed by atoms with E-state index in [1.165, 1.54) is 0 Å². The van der Waals surface area contributed by atoms with E-state index in [1.807, 2.05) is 48.5 Å². The molecular formula is C21H20N4O3. The molecule has 2 heterocycles. The number of anilines is 1. The highest BCUT2D eigenvalue weighted by molar-refractivity contribution is 6.07. The number of hydrazine groups is 1. The maximum atomic E-state index is 12.3. The van der Waals surface area contributed by atoms with Gasteiger partial charge >= 0.3 is 0 Å². The molecule has 1 atom stereocenters. The smallest absolute Gasteiger partial charge is 0.271 e. The first-order valence-electron chi connectivity index (χ1n) is 9.16. The number of carbonyl (C=O) groups excluding carboxylic acids is 3. The highest BCUT2D eigenvalue weighted by Gasteiger charge is 2.26. The molecule has 28 heavy (non-hydrogen) atoms. The van der Waals surface area contributed by atoms with Crippen LogP contribution in [0, 0.1) is 5.92 Å². The van der Waals surface area contributed by atoms with Gasteiger partial charge in [0.05, 0.1) is 5.56 Å². The molecule has 3 amide bonds. The van der Waals surface area contributed by atoms with Gasteiger partial charge in [-0.15, -0.1) is 0 Å². The molecule has 1 aromatic heterocycles. The number of para-hydroxylation sites is 2. The van der Waals surface area contributed by atoms with Crippen LogP contribution in [0.2, 0.25) is 0 Å². The van der Waals surface area contributed by atoms with Gasteiger partial charge in [-0.25, -0.2) is 0 Å². The van der Waals surface area contributed by atoms with Crippen molar-refractivity contribution in [2.45, 2.75) is 19.3 Å². The van der Waals surface area contributed by atoms with Gasteiger partial charge in [0.1, 0.15) is 0 Å². The summed E-state index contributed by atoms with van der Waals surface area (Å²) in [4.78, 5) is 39.6. The predicted molar refractivity (Wildman–Crippen MR) is 105 cm³/mol. The molecule has 0 aliphatic carbocycles. The first-order chi connectivity index (χ1) is 13.6. The Bertz CT molecular complexity index is 1060. The topological polar surface area (TPSA) is 103 Å². The van der Waals surface area contributed by atoms with Gasteiger partial charge in [-0.3, -0.25) is 25.2 Å². The van der Waals surface area contributed by atoms with E-state index < -0.39 is 5.91 Å². The summed E-state index contributed by atoms with van der Waals surface area (Å²) in [6.07, 6.45) is 2.77. The summed E-state index contributed by atoms with van der Waals surface area (Å²) < 4.78 is 0. The van der Waals surface area contributed by atoms with Crippen molar-refractivity contribution in [3.8, 4) is 0 Å². The number of amides is 3. The van der Waals surface area contributed by atoms with Crippen LogP contribution < -0.4 is 16.2 Å². The third-order valence-electron chi connectivity index (χ3n) is 4.98. The lowest BCUT2D eigenvalue weighted by molar-refractivity contribution is -0.123. The molecule has 0 unspecified atom stereocenters. The van der Waals surface area contributed by atoms with E-state index in [2.05, 4.69) is 21.2 Å². The molecule has 0 fully saturated rings. The Morgan fingerprint density at radius 3 is 2.71 bits per heavy atom. The Balaban J connectivity index is 1.29. The number of hydrogen-bond acceptors (Lipinski definition) is 3. The normalized spacial score (nSPS) is 15.6. The van der Waals surface area contributed by atoms with Crippen LogP contribution in [0.5, 0.6) is 0 Å². The lowest BCUT2D eigenvalue weighted by Crippen LogP contribution is -2.42. The molecule has 0 saturated carbocycles. The lowest BCUT2D eigenvalue weighted by Gasteiger charge is -2.24. The second-order valence-electron chi connectivity index (χ2n) is 6.84. The van der Waals surface area contributed by atoms with Crippen LogP contribution in [0.1, 0.15) is 28.8 Å². The minimum Gasteiger partial charge on any atom is -0.360 e. The minimum absolute atomic E-state index is 0.0747. The van der Waals surface area contributed by atoms with Gasteiger partial charge in [-0.2, -0.15) is 0 Å². The van der Waals surface area contributed by atoms with E-state index in [4.69, 9.17) is 0 Å². The number of H-pyrrole nitrogens is 1. The summed E-state index contributed by atoms with van der Waals surface area (Å²) in [5.74, 6) is -1.06. The molecule has 0 radical (unpaired) electrons. The van der Waals surface area contributed by atoms with Crippen molar-refractivity contribution in [3.05, 3.63) is 65.9 Å². The highest BCUT2D eigenvalue weighted by atomic mass is 16.2. The van der Waals surface area contributed by atoms with Gasteiger partial charge < -0.3 is 10.3 Å². The fourth-order valence-electron chi connectivity index (χ4n) is 3.47. The molecule has 1 aliphatic rings. The second kappa shape index (κ2) is 7.56. The van der Waals surface area contributed by atoms with Crippen LogP contribution >= 0.6 is 0 Å².